The molecule has 1 amide bonds. The molecule has 0 radical (unpaired) electrons. The zero-order chi connectivity index (χ0) is 14.9. The van der Waals surface area contributed by atoms with Crippen molar-refractivity contribution in [3.05, 3.63) is 52.7 Å². The Balaban J connectivity index is 2.36. The van der Waals surface area contributed by atoms with E-state index in [2.05, 4.69) is 4.98 Å². The quantitative estimate of drug-likeness (QED) is 0.912. The predicted molar refractivity (Wildman–Crippen MR) is 82.0 cm³/mol. The molecule has 0 aliphatic heterocycles. The first-order valence-electron chi connectivity index (χ1n) is 6.48. The minimum absolute atomic E-state index is 0.0443. The third-order valence-electron chi connectivity index (χ3n) is 3.75. The maximum Gasteiger partial charge on any atom is 0.258 e. The number of benzene rings is 1. The van der Waals surface area contributed by atoms with E-state index in [1.54, 1.807) is 30.3 Å². The summed E-state index contributed by atoms with van der Waals surface area (Å²) in [6, 6.07) is 7.33. The summed E-state index contributed by atoms with van der Waals surface area (Å²) < 4.78 is 0. The third-order valence-corrected chi connectivity index (χ3v) is 3.75. The summed E-state index contributed by atoms with van der Waals surface area (Å²) >= 11 is 0. The second-order valence-electron chi connectivity index (χ2n) is 4.99. The van der Waals surface area contributed by atoms with Gasteiger partial charge in [-0.05, 0) is 55.7 Å². The highest BCUT2D eigenvalue weighted by atomic mass is 16.2. The molecule has 0 spiro atoms. The topological polar surface area (TPSA) is 59.2 Å². The molecule has 0 saturated heterocycles. The van der Waals surface area contributed by atoms with Crippen molar-refractivity contribution < 1.29 is 4.79 Å². The number of hydrogen-bond acceptors (Lipinski definition) is 3. The molecule has 0 bridgehead atoms. The van der Waals surface area contributed by atoms with E-state index in [1.165, 1.54) is 5.56 Å². The SMILES string of the molecule is Cc1ccc(C(=O)N(C)c2ccc(N)nc2)c(C)c1C. The van der Waals surface area contributed by atoms with Crippen molar-refractivity contribution in [3.63, 3.8) is 0 Å². The maximum atomic E-state index is 12.6. The molecule has 0 saturated carbocycles. The minimum Gasteiger partial charge on any atom is -0.384 e. The summed E-state index contributed by atoms with van der Waals surface area (Å²) in [6.45, 7) is 6.06. The number of rotatable bonds is 2. The molecule has 1 aromatic carbocycles. The molecule has 2 aromatic rings. The first kappa shape index (κ1) is 14.1. The lowest BCUT2D eigenvalue weighted by atomic mass is 9.98. The van der Waals surface area contributed by atoms with Gasteiger partial charge in [-0.1, -0.05) is 6.07 Å². The third kappa shape index (κ3) is 2.50. The van der Waals surface area contributed by atoms with Crippen molar-refractivity contribution in [2.45, 2.75) is 20.8 Å². The van der Waals surface area contributed by atoms with Crippen LogP contribution < -0.4 is 10.6 Å². The van der Waals surface area contributed by atoms with E-state index in [-0.39, 0.29) is 5.91 Å². The lowest BCUT2D eigenvalue weighted by Gasteiger charge is -2.19. The number of nitrogen functional groups attached to an aromatic ring is 1. The molecule has 0 aliphatic carbocycles. The number of aromatic nitrogens is 1. The lowest BCUT2D eigenvalue weighted by molar-refractivity contribution is 0.0992. The average molecular weight is 269 g/mol. The van der Waals surface area contributed by atoms with Gasteiger partial charge in [0.15, 0.2) is 0 Å². The Labute approximate surface area is 119 Å². The first-order valence-corrected chi connectivity index (χ1v) is 6.48. The van der Waals surface area contributed by atoms with E-state index in [9.17, 15) is 4.79 Å². The molecule has 0 atom stereocenters. The Morgan fingerprint density at radius 1 is 1.10 bits per heavy atom. The molecule has 2 N–H and O–H groups in total. The fourth-order valence-corrected chi connectivity index (χ4v) is 2.08. The number of hydrogen-bond donors (Lipinski definition) is 1. The summed E-state index contributed by atoms with van der Waals surface area (Å²) in [6.07, 6.45) is 1.60. The number of anilines is 2. The van der Waals surface area contributed by atoms with Crippen LogP contribution in [0.1, 0.15) is 27.0 Å². The van der Waals surface area contributed by atoms with Crippen LogP contribution in [0.15, 0.2) is 30.5 Å². The number of nitrogens with two attached hydrogens (primary N) is 1. The van der Waals surface area contributed by atoms with E-state index < -0.39 is 0 Å². The Morgan fingerprint density at radius 3 is 2.40 bits per heavy atom. The van der Waals surface area contributed by atoms with E-state index in [1.807, 2.05) is 32.9 Å². The van der Waals surface area contributed by atoms with Gasteiger partial charge in [-0.2, -0.15) is 0 Å². The molecule has 0 unspecified atom stereocenters. The number of nitrogens with zero attached hydrogens (tertiary/aromatic N) is 2. The number of amides is 1. The van der Waals surface area contributed by atoms with Crippen molar-refractivity contribution in [2.75, 3.05) is 17.7 Å². The average Bonchev–Trinajstić information content (AvgIpc) is 2.44. The summed E-state index contributed by atoms with van der Waals surface area (Å²) in [5, 5.41) is 0. The number of pyridine rings is 1. The zero-order valence-electron chi connectivity index (χ0n) is 12.3. The predicted octanol–water partition coefficient (Wildman–Crippen LogP) is 2.87. The number of aryl methyl sites for hydroxylation is 1. The molecule has 4 heteroatoms. The van der Waals surface area contributed by atoms with Crippen molar-refractivity contribution in [1.82, 2.24) is 4.98 Å². The van der Waals surface area contributed by atoms with Crippen LogP contribution in [0.3, 0.4) is 0 Å². The second kappa shape index (κ2) is 5.33. The van der Waals surface area contributed by atoms with Crippen LogP contribution >= 0.6 is 0 Å². The summed E-state index contributed by atoms with van der Waals surface area (Å²) in [5.41, 5.74) is 10.4. The van der Waals surface area contributed by atoms with Crippen LogP contribution in [0.2, 0.25) is 0 Å². The van der Waals surface area contributed by atoms with E-state index in [0.717, 1.165) is 16.8 Å². The fraction of sp³-hybridized carbons (Fsp3) is 0.250. The van der Waals surface area contributed by atoms with E-state index >= 15 is 0 Å². The van der Waals surface area contributed by atoms with Crippen molar-refractivity contribution >= 4 is 17.4 Å². The monoisotopic (exact) mass is 269 g/mol. The van der Waals surface area contributed by atoms with Gasteiger partial charge in [0, 0.05) is 12.6 Å². The molecule has 2 rings (SSSR count). The number of carbonyl (C=O) groups excluding carboxylic acids is 1. The Morgan fingerprint density at radius 2 is 1.80 bits per heavy atom. The van der Waals surface area contributed by atoms with Crippen molar-refractivity contribution in [2.24, 2.45) is 0 Å². The van der Waals surface area contributed by atoms with Gasteiger partial charge < -0.3 is 10.6 Å². The van der Waals surface area contributed by atoms with Crippen LogP contribution in [-0.4, -0.2) is 17.9 Å². The van der Waals surface area contributed by atoms with Gasteiger partial charge in [0.2, 0.25) is 0 Å². The molecule has 20 heavy (non-hydrogen) atoms. The fourth-order valence-electron chi connectivity index (χ4n) is 2.08. The Bertz CT molecular complexity index is 648. The summed E-state index contributed by atoms with van der Waals surface area (Å²) in [7, 11) is 1.74. The van der Waals surface area contributed by atoms with Crippen molar-refractivity contribution in [1.29, 1.82) is 0 Å². The van der Waals surface area contributed by atoms with Gasteiger partial charge in [-0.25, -0.2) is 4.98 Å². The van der Waals surface area contributed by atoms with Gasteiger partial charge in [-0.15, -0.1) is 0 Å². The lowest BCUT2D eigenvalue weighted by Crippen LogP contribution is -2.27. The first-order chi connectivity index (χ1) is 9.41. The van der Waals surface area contributed by atoms with Crippen molar-refractivity contribution in [3.8, 4) is 0 Å². The Kier molecular flexibility index (Phi) is 3.74. The molecule has 4 nitrogen and oxygen atoms in total. The number of carbonyl (C=O) groups is 1. The Hall–Kier alpha value is -2.36. The zero-order valence-corrected chi connectivity index (χ0v) is 12.3. The highest BCUT2D eigenvalue weighted by Crippen LogP contribution is 2.21. The van der Waals surface area contributed by atoms with E-state index in [0.29, 0.717) is 11.4 Å². The standard InChI is InChI=1S/C16H19N3O/c1-10-5-7-14(12(3)11(10)2)16(20)19(4)13-6-8-15(17)18-9-13/h5-9H,1-4H3,(H2,17,18). The normalized spacial score (nSPS) is 10.4. The molecule has 1 aromatic heterocycles. The second-order valence-corrected chi connectivity index (χ2v) is 4.99. The maximum absolute atomic E-state index is 12.6. The highest BCUT2D eigenvalue weighted by Gasteiger charge is 2.17. The largest absolute Gasteiger partial charge is 0.384 e. The molecule has 104 valence electrons. The molecule has 0 aliphatic rings. The summed E-state index contributed by atoms with van der Waals surface area (Å²) in [5.74, 6) is 0.397. The molecular formula is C16H19N3O. The van der Waals surface area contributed by atoms with Gasteiger partial charge in [0.1, 0.15) is 5.82 Å². The van der Waals surface area contributed by atoms with Gasteiger partial charge in [0.25, 0.3) is 5.91 Å². The van der Waals surface area contributed by atoms with Crippen LogP contribution in [0.25, 0.3) is 0 Å². The highest BCUT2D eigenvalue weighted by molar-refractivity contribution is 6.06. The van der Waals surface area contributed by atoms with Gasteiger partial charge in [0.05, 0.1) is 11.9 Å². The van der Waals surface area contributed by atoms with Crippen LogP contribution in [-0.2, 0) is 0 Å². The minimum atomic E-state index is -0.0443. The van der Waals surface area contributed by atoms with E-state index in [4.69, 9.17) is 5.73 Å². The van der Waals surface area contributed by atoms with Crippen LogP contribution in [0.5, 0.6) is 0 Å². The molecule has 0 fully saturated rings. The van der Waals surface area contributed by atoms with Gasteiger partial charge in [-0.3, -0.25) is 4.79 Å². The smallest absolute Gasteiger partial charge is 0.258 e. The van der Waals surface area contributed by atoms with Crippen LogP contribution in [0, 0.1) is 20.8 Å². The molecule has 1 heterocycles. The van der Waals surface area contributed by atoms with Crippen LogP contribution in [0.4, 0.5) is 11.5 Å². The summed E-state index contributed by atoms with van der Waals surface area (Å²) in [4.78, 5) is 18.2. The van der Waals surface area contributed by atoms with Gasteiger partial charge >= 0.3 is 0 Å². The molecular weight excluding hydrogens is 250 g/mol.